The van der Waals surface area contributed by atoms with Crippen LogP contribution in [-0.2, 0) is 14.2 Å². The maximum absolute atomic E-state index is 5.78. The minimum atomic E-state index is 0. The van der Waals surface area contributed by atoms with Crippen LogP contribution in [0.1, 0.15) is 26.7 Å². The predicted molar refractivity (Wildman–Crippen MR) is 111 cm³/mol. The summed E-state index contributed by atoms with van der Waals surface area (Å²) in [5.74, 6) is 0.891. The topological polar surface area (TPSA) is 67.4 Å². The van der Waals surface area contributed by atoms with Crippen LogP contribution in [0.25, 0.3) is 0 Å². The number of morpholine rings is 1. The van der Waals surface area contributed by atoms with Crippen LogP contribution in [0.4, 0.5) is 0 Å². The normalized spacial score (nSPS) is 23.1. The zero-order chi connectivity index (χ0) is 17.0. The summed E-state index contributed by atoms with van der Waals surface area (Å²) in [5.41, 5.74) is 0. The Balaban J connectivity index is 0.00000312. The summed E-state index contributed by atoms with van der Waals surface area (Å²) in [4.78, 5) is 7.15. The molecule has 2 unspecified atom stereocenters. The molecule has 2 heterocycles. The molecule has 0 aromatic rings. The van der Waals surface area contributed by atoms with Crippen LogP contribution in [0, 0.1) is 0 Å². The van der Waals surface area contributed by atoms with Crippen molar-refractivity contribution in [2.24, 2.45) is 4.99 Å². The SMILES string of the molecule is CCNC(=NCC(C)N1CCOCC1)NCCCOC1CCOC1.I. The van der Waals surface area contributed by atoms with Crippen LogP contribution < -0.4 is 10.6 Å². The van der Waals surface area contributed by atoms with E-state index in [9.17, 15) is 0 Å². The number of aliphatic imine (C=N–C) groups is 1. The molecule has 7 nitrogen and oxygen atoms in total. The smallest absolute Gasteiger partial charge is 0.191 e. The molecule has 2 N–H and O–H groups in total. The highest BCUT2D eigenvalue weighted by molar-refractivity contribution is 14.0. The van der Waals surface area contributed by atoms with Gasteiger partial charge in [0.15, 0.2) is 5.96 Å². The highest BCUT2D eigenvalue weighted by atomic mass is 127. The maximum Gasteiger partial charge on any atom is 0.191 e. The average molecular weight is 470 g/mol. The van der Waals surface area contributed by atoms with E-state index in [4.69, 9.17) is 19.2 Å². The minimum Gasteiger partial charge on any atom is -0.379 e. The Hall–Kier alpha value is -0.160. The fourth-order valence-corrected chi connectivity index (χ4v) is 2.87. The molecule has 0 bridgehead atoms. The van der Waals surface area contributed by atoms with Crippen molar-refractivity contribution in [3.8, 4) is 0 Å². The number of nitrogens with zero attached hydrogens (tertiary/aromatic N) is 2. The van der Waals surface area contributed by atoms with E-state index >= 15 is 0 Å². The van der Waals surface area contributed by atoms with E-state index in [2.05, 4.69) is 29.4 Å². The Labute approximate surface area is 169 Å². The van der Waals surface area contributed by atoms with Crippen molar-refractivity contribution >= 4 is 29.9 Å². The van der Waals surface area contributed by atoms with Crippen molar-refractivity contribution in [1.82, 2.24) is 15.5 Å². The Bertz CT molecular complexity index is 362. The zero-order valence-corrected chi connectivity index (χ0v) is 18.0. The second-order valence-corrected chi connectivity index (χ2v) is 6.35. The minimum absolute atomic E-state index is 0. The van der Waals surface area contributed by atoms with Gasteiger partial charge < -0.3 is 24.8 Å². The lowest BCUT2D eigenvalue weighted by Crippen LogP contribution is -2.44. The number of guanidine groups is 1. The van der Waals surface area contributed by atoms with Crippen LogP contribution in [0.5, 0.6) is 0 Å². The van der Waals surface area contributed by atoms with Crippen molar-refractivity contribution in [1.29, 1.82) is 0 Å². The number of hydrogen-bond acceptors (Lipinski definition) is 5. The second-order valence-electron chi connectivity index (χ2n) is 6.35. The van der Waals surface area contributed by atoms with Gasteiger partial charge in [0.1, 0.15) is 0 Å². The Morgan fingerprint density at radius 2 is 2.04 bits per heavy atom. The monoisotopic (exact) mass is 470 g/mol. The largest absolute Gasteiger partial charge is 0.379 e. The number of nitrogens with one attached hydrogen (secondary N) is 2. The molecule has 25 heavy (non-hydrogen) atoms. The highest BCUT2D eigenvalue weighted by Gasteiger charge is 2.17. The molecular weight excluding hydrogens is 435 g/mol. The van der Waals surface area contributed by atoms with Crippen molar-refractivity contribution < 1.29 is 14.2 Å². The molecule has 0 spiro atoms. The molecule has 8 heteroatoms. The Kier molecular flexibility index (Phi) is 12.8. The molecule has 0 aromatic carbocycles. The number of hydrogen-bond donors (Lipinski definition) is 2. The fraction of sp³-hybridized carbons (Fsp3) is 0.941. The van der Waals surface area contributed by atoms with Gasteiger partial charge in [0, 0.05) is 45.4 Å². The zero-order valence-electron chi connectivity index (χ0n) is 15.7. The van der Waals surface area contributed by atoms with Gasteiger partial charge in [-0.15, -0.1) is 24.0 Å². The maximum atomic E-state index is 5.78. The molecule has 2 aliphatic rings. The summed E-state index contributed by atoms with van der Waals surface area (Å²) in [6, 6.07) is 0.440. The lowest BCUT2D eigenvalue weighted by Gasteiger charge is -2.31. The molecule has 0 radical (unpaired) electrons. The standard InChI is InChI=1S/C17H34N4O3.HI/c1-3-18-17(19-6-4-9-24-16-5-10-23-14-16)20-13-15(2)21-7-11-22-12-8-21;/h15-16H,3-14H2,1-2H3,(H2,18,19,20);1H. The van der Waals surface area contributed by atoms with Crippen LogP contribution in [0.15, 0.2) is 4.99 Å². The van der Waals surface area contributed by atoms with E-state index in [0.717, 1.165) is 84.6 Å². The number of ether oxygens (including phenoxy) is 3. The molecule has 0 aliphatic carbocycles. The van der Waals surface area contributed by atoms with Gasteiger partial charge in [0.25, 0.3) is 0 Å². The van der Waals surface area contributed by atoms with Crippen LogP contribution >= 0.6 is 24.0 Å². The summed E-state index contributed by atoms with van der Waals surface area (Å²) in [6.45, 7) is 12.9. The van der Waals surface area contributed by atoms with E-state index in [1.165, 1.54) is 0 Å². The molecule has 0 saturated carbocycles. The van der Waals surface area contributed by atoms with Crippen LogP contribution in [0.3, 0.4) is 0 Å². The molecule has 2 fully saturated rings. The lowest BCUT2D eigenvalue weighted by atomic mass is 10.2. The first-order valence-corrected chi connectivity index (χ1v) is 9.33. The first-order chi connectivity index (χ1) is 11.8. The summed E-state index contributed by atoms with van der Waals surface area (Å²) < 4.78 is 16.5. The average Bonchev–Trinajstić information content (AvgIpc) is 3.13. The number of halogens is 1. The summed E-state index contributed by atoms with van der Waals surface area (Å²) in [6.07, 6.45) is 2.29. The highest BCUT2D eigenvalue weighted by Crippen LogP contribution is 2.08. The number of rotatable bonds is 9. The molecule has 0 aromatic heterocycles. The second kappa shape index (κ2) is 14.0. The lowest BCUT2D eigenvalue weighted by molar-refractivity contribution is 0.0220. The van der Waals surface area contributed by atoms with Crippen molar-refractivity contribution in [3.63, 3.8) is 0 Å². The van der Waals surface area contributed by atoms with Gasteiger partial charge in [-0.1, -0.05) is 0 Å². The van der Waals surface area contributed by atoms with E-state index < -0.39 is 0 Å². The quantitative estimate of drug-likeness (QED) is 0.228. The van der Waals surface area contributed by atoms with E-state index in [0.29, 0.717) is 12.1 Å². The van der Waals surface area contributed by atoms with Gasteiger partial charge in [-0.3, -0.25) is 9.89 Å². The summed E-state index contributed by atoms with van der Waals surface area (Å²) in [7, 11) is 0. The Morgan fingerprint density at radius 1 is 1.24 bits per heavy atom. The van der Waals surface area contributed by atoms with Gasteiger partial charge in [-0.25, -0.2) is 0 Å². The van der Waals surface area contributed by atoms with E-state index in [1.54, 1.807) is 0 Å². The van der Waals surface area contributed by atoms with Gasteiger partial charge >= 0.3 is 0 Å². The van der Waals surface area contributed by atoms with Crippen LogP contribution in [0.2, 0.25) is 0 Å². The molecule has 148 valence electrons. The molecule has 2 aliphatic heterocycles. The van der Waals surface area contributed by atoms with Crippen LogP contribution in [-0.4, -0.2) is 88.8 Å². The fourth-order valence-electron chi connectivity index (χ4n) is 2.87. The molecule has 2 rings (SSSR count). The van der Waals surface area contributed by atoms with Gasteiger partial charge in [-0.05, 0) is 26.7 Å². The first-order valence-electron chi connectivity index (χ1n) is 9.33. The van der Waals surface area contributed by atoms with Gasteiger partial charge in [0.2, 0.25) is 0 Å². The van der Waals surface area contributed by atoms with Gasteiger partial charge in [0.05, 0.1) is 32.5 Å². The van der Waals surface area contributed by atoms with Crippen molar-refractivity contribution in [2.45, 2.75) is 38.8 Å². The molecular formula is C17H35IN4O3. The summed E-state index contributed by atoms with van der Waals surface area (Å²) >= 11 is 0. The van der Waals surface area contributed by atoms with Gasteiger partial charge in [-0.2, -0.15) is 0 Å². The molecule has 2 atom stereocenters. The first kappa shape index (κ1) is 22.9. The molecule has 2 saturated heterocycles. The van der Waals surface area contributed by atoms with Crippen molar-refractivity contribution in [2.75, 3.05) is 65.8 Å². The Morgan fingerprint density at radius 3 is 2.72 bits per heavy atom. The third-order valence-electron chi connectivity index (χ3n) is 4.38. The van der Waals surface area contributed by atoms with Crippen molar-refractivity contribution in [3.05, 3.63) is 0 Å². The molecule has 0 amide bonds. The van der Waals surface area contributed by atoms with E-state index in [1.807, 2.05) is 0 Å². The third-order valence-corrected chi connectivity index (χ3v) is 4.38. The summed E-state index contributed by atoms with van der Waals surface area (Å²) in [5, 5.41) is 6.70. The predicted octanol–water partition coefficient (Wildman–Crippen LogP) is 1.08. The third kappa shape index (κ3) is 9.37. The van der Waals surface area contributed by atoms with E-state index in [-0.39, 0.29) is 24.0 Å².